The van der Waals surface area contributed by atoms with Crippen molar-refractivity contribution in [2.24, 2.45) is 5.92 Å². The molecule has 1 aromatic carbocycles. The predicted molar refractivity (Wildman–Crippen MR) is 73.4 cm³/mol. The molecule has 1 rings (SSSR count). The van der Waals surface area contributed by atoms with Gasteiger partial charge in [0.05, 0.1) is 0 Å². The fraction of sp³-hybridized carbons (Fsp3) is 0.462. The molecule has 3 nitrogen and oxygen atoms in total. The summed E-state index contributed by atoms with van der Waals surface area (Å²) in [7, 11) is 0. The number of carboxylic acid groups (broad SMARTS) is 1. The van der Waals surface area contributed by atoms with Gasteiger partial charge in [-0.25, -0.2) is 4.79 Å². The summed E-state index contributed by atoms with van der Waals surface area (Å²) < 4.78 is 0.997. The Morgan fingerprint density at radius 3 is 2.59 bits per heavy atom. The third-order valence-corrected chi connectivity index (χ3v) is 3.02. The Labute approximate surface area is 110 Å². The van der Waals surface area contributed by atoms with Crippen LogP contribution in [0.4, 0.5) is 5.69 Å². The van der Waals surface area contributed by atoms with E-state index >= 15 is 0 Å². The molecule has 4 heteroatoms. The fourth-order valence-electron chi connectivity index (χ4n) is 1.67. The van der Waals surface area contributed by atoms with E-state index in [4.69, 9.17) is 5.11 Å². The zero-order valence-corrected chi connectivity index (χ0v) is 11.9. The molecule has 0 aliphatic rings. The van der Waals surface area contributed by atoms with Crippen LogP contribution in [-0.4, -0.2) is 17.1 Å². The van der Waals surface area contributed by atoms with Crippen molar-refractivity contribution >= 4 is 27.6 Å². The van der Waals surface area contributed by atoms with Crippen molar-refractivity contribution in [2.75, 3.05) is 5.32 Å². The second-order valence-corrected chi connectivity index (χ2v) is 5.54. The summed E-state index contributed by atoms with van der Waals surface area (Å²) in [6.07, 6.45) is 0.616. The van der Waals surface area contributed by atoms with Gasteiger partial charge in [-0.1, -0.05) is 29.8 Å². The van der Waals surface area contributed by atoms with Gasteiger partial charge >= 0.3 is 5.97 Å². The number of hydrogen-bond acceptors (Lipinski definition) is 2. The lowest BCUT2D eigenvalue weighted by molar-refractivity contribution is -0.138. The van der Waals surface area contributed by atoms with Gasteiger partial charge in [0, 0.05) is 10.2 Å². The number of carboxylic acids is 1. The van der Waals surface area contributed by atoms with Gasteiger partial charge in [-0.05, 0) is 43.0 Å². The van der Waals surface area contributed by atoms with Crippen LogP contribution in [-0.2, 0) is 4.79 Å². The average Bonchev–Trinajstić information content (AvgIpc) is 2.19. The number of aryl methyl sites for hydroxylation is 1. The zero-order chi connectivity index (χ0) is 13.0. The molecule has 2 N–H and O–H groups in total. The van der Waals surface area contributed by atoms with E-state index in [-0.39, 0.29) is 0 Å². The Hall–Kier alpha value is -1.03. The van der Waals surface area contributed by atoms with E-state index in [2.05, 4.69) is 21.2 Å². The number of hydrogen-bond donors (Lipinski definition) is 2. The molecule has 0 amide bonds. The van der Waals surface area contributed by atoms with E-state index in [1.807, 2.05) is 39.0 Å². The molecule has 0 radical (unpaired) electrons. The van der Waals surface area contributed by atoms with E-state index < -0.39 is 12.0 Å². The summed E-state index contributed by atoms with van der Waals surface area (Å²) in [5.74, 6) is -0.458. The van der Waals surface area contributed by atoms with Crippen molar-refractivity contribution < 1.29 is 9.90 Å². The number of carbonyl (C=O) groups is 1. The maximum absolute atomic E-state index is 11.1. The Morgan fingerprint density at radius 1 is 1.47 bits per heavy atom. The van der Waals surface area contributed by atoms with Gasteiger partial charge in [0.1, 0.15) is 6.04 Å². The maximum atomic E-state index is 11.1. The first-order valence-electron chi connectivity index (χ1n) is 5.65. The smallest absolute Gasteiger partial charge is 0.326 e. The van der Waals surface area contributed by atoms with Gasteiger partial charge in [0.15, 0.2) is 0 Å². The van der Waals surface area contributed by atoms with Crippen LogP contribution < -0.4 is 5.32 Å². The Morgan fingerprint density at radius 2 is 2.12 bits per heavy atom. The summed E-state index contributed by atoms with van der Waals surface area (Å²) in [6, 6.07) is 5.24. The first-order chi connectivity index (χ1) is 7.90. The lowest BCUT2D eigenvalue weighted by Crippen LogP contribution is -2.30. The lowest BCUT2D eigenvalue weighted by atomic mass is 10.0. The second kappa shape index (κ2) is 6.05. The molecule has 94 valence electrons. The first-order valence-corrected chi connectivity index (χ1v) is 6.45. The van der Waals surface area contributed by atoms with Gasteiger partial charge in [-0.3, -0.25) is 0 Å². The Bertz CT molecular complexity index is 404. The summed E-state index contributed by atoms with van der Waals surface area (Å²) in [5, 5.41) is 12.2. The molecule has 1 atom stereocenters. The summed E-state index contributed by atoms with van der Waals surface area (Å²) >= 11 is 3.39. The summed E-state index contributed by atoms with van der Waals surface area (Å²) in [5.41, 5.74) is 1.91. The SMILES string of the molecule is Cc1cc(Br)ccc1NC(CC(C)C)C(=O)O. The fourth-order valence-corrected chi connectivity index (χ4v) is 2.15. The van der Waals surface area contributed by atoms with Gasteiger partial charge in [0.2, 0.25) is 0 Å². The van der Waals surface area contributed by atoms with E-state index in [0.29, 0.717) is 12.3 Å². The highest BCUT2D eigenvalue weighted by Crippen LogP contribution is 2.22. The Balaban J connectivity index is 2.82. The maximum Gasteiger partial charge on any atom is 0.326 e. The van der Waals surface area contributed by atoms with Crippen molar-refractivity contribution in [3.63, 3.8) is 0 Å². The largest absolute Gasteiger partial charge is 0.480 e. The number of rotatable bonds is 5. The van der Waals surface area contributed by atoms with E-state index in [0.717, 1.165) is 15.7 Å². The molecule has 0 saturated heterocycles. The highest BCUT2D eigenvalue weighted by Gasteiger charge is 2.19. The third-order valence-electron chi connectivity index (χ3n) is 2.52. The highest BCUT2D eigenvalue weighted by atomic mass is 79.9. The second-order valence-electron chi connectivity index (χ2n) is 4.62. The van der Waals surface area contributed by atoms with Crippen LogP contribution in [0.1, 0.15) is 25.8 Å². The van der Waals surface area contributed by atoms with Crippen molar-refractivity contribution in [3.05, 3.63) is 28.2 Å². The molecule has 1 unspecified atom stereocenters. The van der Waals surface area contributed by atoms with Crippen LogP contribution in [0, 0.1) is 12.8 Å². The molecule has 0 heterocycles. The summed E-state index contributed by atoms with van der Waals surface area (Å²) in [6.45, 7) is 6.00. The number of benzene rings is 1. The molecule has 0 aromatic heterocycles. The number of halogens is 1. The zero-order valence-electron chi connectivity index (χ0n) is 10.3. The van der Waals surface area contributed by atoms with Crippen LogP contribution in [0.3, 0.4) is 0 Å². The molecule has 0 spiro atoms. The normalized spacial score (nSPS) is 12.5. The standard InChI is InChI=1S/C13H18BrNO2/c1-8(2)6-12(13(16)17)15-11-5-4-10(14)7-9(11)3/h4-5,7-8,12,15H,6H2,1-3H3,(H,16,17). The molecule has 17 heavy (non-hydrogen) atoms. The minimum absolute atomic E-state index is 0.347. The minimum atomic E-state index is -0.805. The first kappa shape index (κ1) is 14.0. The molecule has 0 bridgehead atoms. The topological polar surface area (TPSA) is 49.3 Å². The number of nitrogens with one attached hydrogen (secondary N) is 1. The van der Waals surface area contributed by atoms with Crippen LogP contribution in [0.25, 0.3) is 0 Å². The van der Waals surface area contributed by atoms with Crippen LogP contribution in [0.15, 0.2) is 22.7 Å². The van der Waals surface area contributed by atoms with Gasteiger partial charge in [-0.2, -0.15) is 0 Å². The summed E-state index contributed by atoms with van der Waals surface area (Å²) in [4.78, 5) is 11.1. The molecular weight excluding hydrogens is 282 g/mol. The Kier molecular flexibility index (Phi) is 5.00. The van der Waals surface area contributed by atoms with E-state index in [9.17, 15) is 4.79 Å². The van der Waals surface area contributed by atoms with Crippen LogP contribution in [0.2, 0.25) is 0 Å². The monoisotopic (exact) mass is 299 g/mol. The van der Waals surface area contributed by atoms with Gasteiger partial charge in [-0.15, -0.1) is 0 Å². The minimum Gasteiger partial charge on any atom is -0.480 e. The van der Waals surface area contributed by atoms with Crippen molar-refractivity contribution in [3.8, 4) is 0 Å². The molecular formula is C13H18BrNO2. The van der Waals surface area contributed by atoms with Crippen molar-refractivity contribution in [1.29, 1.82) is 0 Å². The molecule has 0 saturated carbocycles. The van der Waals surface area contributed by atoms with Crippen LogP contribution >= 0.6 is 15.9 Å². The highest BCUT2D eigenvalue weighted by molar-refractivity contribution is 9.10. The quantitative estimate of drug-likeness (QED) is 0.872. The molecule has 1 aromatic rings. The third kappa shape index (κ3) is 4.38. The average molecular weight is 300 g/mol. The van der Waals surface area contributed by atoms with E-state index in [1.54, 1.807) is 0 Å². The number of aliphatic carboxylic acids is 1. The van der Waals surface area contributed by atoms with Crippen molar-refractivity contribution in [2.45, 2.75) is 33.2 Å². The van der Waals surface area contributed by atoms with Crippen molar-refractivity contribution in [1.82, 2.24) is 0 Å². The number of anilines is 1. The molecule has 0 aliphatic carbocycles. The van der Waals surface area contributed by atoms with Crippen LogP contribution in [0.5, 0.6) is 0 Å². The lowest BCUT2D eigenvalue weighted by Gasteiger charge is -2.19. The predicted octanol–water partition coefficient (Wildman–Crippen LogP) is 3.67. The molecule has 0 fully saturated rings. The van der Waals surface area contributed by atoms with Gasteiger partial charge in [0.25, 0.3) is 0 Å². The van der Waals surface area contributed by atoms with E-state index in [1.165, 1.54) is 0 Å². The van der Waals surface area contributed by atoms with Gasteiger partial charge < -0.3 is 10.4 Å². The molecule has 0 aliphatic heterocycles.